The lowest BCUT2D eigenvalue weighted by atomic mass is 9.95. The van der Waals surface area contributed by atoms with Crippen molar-refractivity contribution in [3.05, 3.63) is 107 Å². The first-order chi connectivity index (χ1) is 38.3. The number of hydrogen-bond acceptors (Lipinski definition) is 18. The number of rotatable bonds is 11. The predicted molar refractivity (Wildman–Crippen MR) is 285 cm³/mol. The van der Waals surface area contributed by atoms with Gasteiger partial charge in [0.2, 0.25) is 6.10 Å². The third kappa shape index (κ3) is 9.43. The first kappa shape index (κ1) is 53.7. The molecule has 26 heteroatoms. The molecule has 0 aliphatic carbocycles. The molecule has 80 heavy (non-hydrogen) atoms. The van der Waals surface area contributed by atoms with Crippen molar-refractivity contribution < 1.29 is 55.7 Å². The number of thiophene rings is 1. The van der Waals surface area contributed by atoms with Crippen LogP contribution in [0, 0.1) is 23.0 Å². The minimum absolute atomic E-state index is 0.0205. The third-order valence-corrected chi connectivity index (χ3v) is 16.6. The monoisotopic (exact) mass is 1140 g/mol. The van der Waals surface area contributed by atoms with E-state index in [1.807, 2.05) is 15.9 Å². The Morgan fingerprint density at radius 3 is 2.67 bits per heavy atom. The molecule has 9 heterocycles. The Labute approximate surface area is 460 Å². The second-order valence-electron chi connectivity index (χ2n) is 20.3. The van der Waals surface area contributed by atoms with E-state index in [0.717, 1.165) is 17.8 Å². The Morgan fingerprint density at radius 1 is 1.11 bits per heavy atom. The van der Waals surface area contributed by atoms with E-state index in [1.54, 1.807) is 13.0 Å². The average molecular weight is 1140 g/mol. The third-order valence-electron chi connectivity index (χ3n) is 15.3. The molecule has 0 saturated carbocycles. The van der Waals surface area contributed by atoms with E-state index < -0.39 is 84.2 Å². The Morgan fingerprint density at radius 2 is 1.91 bits per heavy atom. The molecule has 3 fully saturated rings. The number of cyclic esters (lactones) is 1. The zero-order chi connectivity index (χ0) is 56.6. The number of pyridine rings is 2. The largest absolute Gasteiger partial charge is 0.461 e. The fourth-order valence-corrected chi connectivity index (χ4v) is 12.4. The van der Waals surface area contributed by atoms with Gasteiger partial charge in [-0.3, -0.25) is 19.3 Å². The normalized spacial score (nSPS) is 21.2. The van der Waals surface area contributed by atoms with Gasteiger partial charge in [-0.15, -0.1) is 11.3 Å². The van der Waals surface area contributed by atoms with E-state index >= 15 is 4.39 Å². The Hall–Kier alpha value is -8.34. The van der Waals surface area contributed by atoms with Crippen molar-refractivity contribution in [3.63, 3.8) is 0 Å². The zero-order valence-corrected chi connectivity index (χ0v) is 44.3. The summed E-state index contributed by atoms with van der Waals surface area (Å²) in [6, 6.07) is 8.50. The van der Waals surface area contributed by atoms with Crippen molar-refractivity contribution >= 4 is 97.6 Å². The number of carbonyl (C=O) groups excluding carboxylic acids is 4. The summed E-state index contributed by atoms with van der Waals surface area (Å²) in [5, 5.41) is 12.7. The number of alkyl halides is 1. The minimum atomic E-state index is -1.69. The zero-order valence-electron chi connectivity index (χ0n) is 42.7. The average Bonchev–Trinajstić information content (AvgIpc) is 4.33. The molecule has 20 nitrogen and oxygen atoms in total. The van der Waals surface area contributed by atoms with Gasteiger partial charge >= 0.3 is 24.0 Å². The van der Waals surface area contributed by atoms with Crippen molar-refractivity contribution in [2.45, 2.75) is 76.2 Å². The number of alkyl carbamates (subject to hydrolysis) is 1. The smallest absolute Gasteiger partial charge is 0.408 e. The molecule has 6 aromatic rings. The number of fused-ring (bicyclic) bond motifs is 7. The van der Waals surface area contributed by atoms with Gasteiger partial charge in [-0.2, -0.15) is 15.2 Å². The molecule has 0 radical (unpaired) electrons. The summed E-state index contributed by atoms with van der Waals surface area (Å²) >= 11 is 7.59. The number of halogens is 5. The molecule has 5 atom stereocenters. The maximum Gasteiger partial charge on any atom is 0.408 e. The Kier molecular flexibility index (Phi) is 13.9. The van der Waals surface area contributed by atoms with Gasteiger partial charge in [0, 0.05) is 77.4 Å². The highest BCUT2D eigenvalue weighted by Crippen LogP contribution is 2.42. The number of nitrogen functional groups attached to an aromatic ring is 2. The van der Waals surface area contributed by atoms with Crippen LogP contribution in [0.15, 0.2) is 47.3 Å². The Balaban J connectivity index is 0.759. The summed E-state index contributed by atoms with van der Waals surface area (Å²) < 4.78 is 83.9. The van der Waals surface area contributed by atoms with E-state index in [2.05, 4.69) is 21.9 Å². The minimum Gasteiger partial charge on any atom is -0.461 e. The summed E-state index contributed by atoms with van der Waals surface area (Å²) in [7, 11) is 0. The van der Waals surface area contributed by atoms with Crippen LogP contribution in [0.5, 0.6) is 6.01 Å². The van der Waals surface area contributed by atoms with Gasteiger partial charge in [-0.1, -0.05) is 18.2 Å². The summed E-state index contributed by atoms with van der Waals surface area (Å²) in [6.07, 6.45) is -1.84. The van der Waals surface area contributed by atoms with Crippen LogP contribution in [0.2, 0.25) is 5.02 Å². The van der Waals surface area contributed by atoms with E-state index in [1.165, 1.54) is 46.7 Å². The fourth-order valence-electron chi connectivity index (χ4n) is 11.3. The lowest BCUT2D eigenvalue weighted by Gasteiger charge is -2.41. The predicted octanol–water partition coefficient (Wildman–Crippen LogP) is 4.94. The van der Waals surface area contributed by atoms with Gasteiger partial charge in [0.1, 0.15) is 66.6 Å². The molecule has 5 N–H and O–H groups in total. The van der Waals surface area contributed by atoms with Crippen LogP contribution in [0.3, 0.4) is 0 Å². The Bertz CT molecular complexity index is 3930. The van der Waals surface area contributed by atoms with Gasteiger partial charge in [0.05, 0.1) is 60.9 Å². The number of aromatic nitrogens is 4. The molecule has 5 aliphatic heterocycles. The molecule has 0 bridgehead atoms. The number of hydrogen-bond donors (Lipinski definition) is 3. The summed E-state index contributed by atoms with van der Waals surface area (Å²) in [5.41, 5.74) is 11.6. The molecule has 2 amide bonds. The second-order valence-corrected chi connectivity index (χ2v) is 21.8. The number of anilines is 3. The van der Waals surface area contributed by atoms with Gasteiger partial charge in [0.25, 0.3) is 11.5 Å². The highest BCUT2D eigenvalue weighted by Gasteiger charge is 2.49. The van der Waals surface area contributed by atoms with Crippen molar-refractivity contribution in [3.8, 4) is 23.5 Å². The number of carbonyl (C=O) groups is 4. The van der Waals surface area contributed by atoms with Gasteiger partial charge in [0.15, 0.2) is 5.82 Å². The van der Waals surface area contributed by atoms with Crippen molar-refractivity contribution in [2.75, 3.05) is 62.2 Å². The maximum absolute atomic E-state index is 17.0. The van der Waals surface area contributed by atoms with Crippen LogP contribution >= 0.6 is 22.9 Å². The molecule has 11 rings (SSSR count). The number of benzene rings is 2. The number of nitrogens with one attached hydrogen (secondary N) is 1. The van der Waals surface area contributed by atoms with Gasteiger partial charge < -0.3 is 50.1 Å². The topological polar surface area (TPSA) is 263 Å². The summed E-state index contributed by atoms with van der Waals surface area (Å²) in [4.78, 5) is 86.1. The molecule has 4 aromatic heterocycles. The molecule has 2 aromatic carbocycles. The first-order valence-corrected chi connectivity index (χ1v) is 26.5. The summed E-state index contributed by atoms with van der Waals surface area (Å²) in [5.74, 6) is -4.03. The van der Waals surface area contributed by atoms with Crippen LogP contribution in [0.1, 0.15) is 67.0 Å². The highest BCUT2D eigenvalue weighted by molar-refractivity contribution is 7.14. The number of piperazine rings is 1. The number of nitrogens with zero attached hydrogens (tertiary/aromatic N) is 8. The molecule has 414 valence electrons. The lowest BCUT2D eigenvalue weighted by molar-refractivity contribution is -0.171. The van der Waals surface area contributed by atoms with Crippen LogP contribution in [-0.4, -0.2) is 123 Å². The first-order valence-electron chi connectivity index (χ1n) is 25.3. The molecular formula is C54H48ClF4N11O9S. The lowest BCUT2D eigenvalue weighted by Crippen LogP contribution is -2.55. The van der Waals surface area contributed by atoms with Crippen LogP contribution in [0.25, 0.3) is 45.6 Å². The molecule has 4 unspecified atom stereocenters. The maximum atomic E-state index is 17.0. The molecular weight excluding hydrogens is 1090 g/mol. The molecule has 3 saturated heterocycles. The van der Waals surface area contributed by atoms with Crippen LogP contribution in [-0.2, 0) is 41.7 Å². The number of nitriles is 1. The quantitative estimate of drug-likeness (QED) is 0.0509. The van der Waals surface area contributed by atoms with E-state index in [9.17, 15) is 42.4 Å². The van der Waals surface area contributed by atoms with Crippen molar-refractivity contribution in [2.24, 2.45) is 0 Å². The van der Waals surface area contributed by atoms with Crippen LogP contribution < -0.4 is 41.7 Å². The number of ether oxygens (including phenoxy) is 4. The van der Waals surface area contributed by atoms with E-state index in [-0.39, 0.29) is 134 Å². The van der Waals surface area contributed by atoms with Gasteiger partial charge in [-0.25, -0.2) is 32.1 Å². The van der Waals surface area contributed by atoms with E-state index in [4.69, 9.17) is 47.0 Å². The standard InChI is InChI=1S/C54H48ClF4N11O9S/c1-24-19-67(7-8-69(24)48-33-12-36(55)32(11-30-34(17-60)47(62)80-41(30)16-56)43(59)45(33)65-52(66-48)77-23-54-5-4-6-68(54)21-29(57)15-54)49(72)25(2)26(3)78-53(75)63-18-42(71)79-46-31-13-40-44-28(9-27-10-38(61)37(58)14-39(27)64-44)20-70(40)50(73)35(31)22-76-51(46)74/h9-14,16,24,26,29,46H,2,4-8,15,18-23,61-62H2,1,3H3,(H,63,75)/b30-11+,41-16-/t24?,26?,29?,46?,54-/m0/s1. The number of amides is 2. The van der Waals surface area contributed by atoms with E-state index in [0.29, 0.717) is 35.3 Å². The van der Waals surface area contributed by atoms with Gasteiger partial charge in [-0.05, 0) is 63.6 Å². The molecule has 5 aliphatic rings. The number of nitrogens with two attached hydrogens (primary N) is 2. The summed E-state index contributed by atoms with van der Waals surface area (Å²) in [6.45, 7) is 7.26. The van der Waals surface area contributed by atoms with Crippen molar-refractivity contribution in [1.29, 1.82) is 5.26 Å². The SMILES string of the molecule is C=C(C(=O)N1CCN(c2nc(OC[C@@]34CCCN3CC(F)C4)nc3c(F)c(/C=c4\c(C#N)c(N)s\c4=C/F)c(Cl)cc23)C(C)C1)C(C)OC(=O)NCC(=O)OC1C(=O)OCc2c1cc1n(c2=O)Cc2cc3cc(N)c(F)cc3nc2-1. The fraction of sp³-hybridized carbons (Fsp3) is 0.352. The van der Waals surface area contributed by atoms with Crippen LogP contribution in [0.4, 0.5) is 38.9 Å². The van der Waals surface area contributed by atoms with Crippen molar-refractivity contribution in [1.82, 2.24) is 34.6 Å². The highest BCUT2D eigenvalue weighted by atomic mass is 35.5. The second kappa shape index (κ2) is 20.7. The number of esters is 2. The molecule has 0 spiro atoms.